The van der Waals surface area contributed by atoms with Gasteiger partial charge in [0.15, 0.2) is 0 Å². The van der Waals surface area contributed by atoms with Crippen molar-refractivity contribution in [3.8, 4) is 0 Å². The van der Waals surface area contributed by atoms with Crippen LogP contribution in [0.1, 0.15) is 37.9 Å². The maximum absolute atomic E-state index is 14.2. The number of carbonyl (C=O) groups excluding carboxylic acids is 2. The molecular formula is C25H31F3N4O2. The first-order valence-electron chi connectivity index (χ1n) is 11.4. The van der Waals surface area contributed by atoms with Gasteiger partial charge in [0.05, 0.1) is 6.04 Å². The van der Waals surface area contributed by atoms with Crippen LogP contribution in [0.3, 0.4) is 0 Å². The van der Waals surface area contributed by atoms with Crippen LogP contribution in [-0.4, -0.2) is 48.9 Å². The van der Waals surface area contributed by atoms with Gasteiger partial charge < -0.3 is 20.9 Å². The third kappa shape index (κ3) is 5.59. The molecule has 1 unspecified atom stereocenters. The number of carbonyl (C=O) groups is 2. The normalized spacial score (nSPS) is 17.3. The molecule has 0 bridgehead atoms. The summed E-state index contributed by atoms with van der Waals surface area (Å²) in [5.74, 6) is -3.47. The molecule has 2 aromatic rings. The lowest BCUT2D eigenvalue weighted by atomic mass is 9.90. The number of halogens is 3. The highest BCUT2D eigenvalue weighted by molar-refractivity contribution is 5.99. The number of amides is 2. The highest BCUT2D eigenvalue weighted by atomic mass is 19.1. The van der Waals surface area contributed by atoms with E-state index in [1.165, 1.54) is 29.2 Å². The van der Waals surface area contributed by atoms with Crippen LogP contribution >= 0.6 is 0 Å². The fourth-order valence-electron chi connectivity index (χ4n) is 4.12. The van der Waals surface area contributed by atoms with Crippen LogP contribution in [0.15, 0.2) is 36.4 Å². The Kier molecular flexibility index (Phi) is 8.33. The molecule has 0 saturated heterocycles. The Morgan fingerprint density at radius 1 is 1.09 bits per heavy atom. The Labute approximate surface area is 197 Å². The second-order valence-electron chi connectivity index (χ2n) is 8.93. The van der Waals surface area contributed by atoms with Gasteiger partial charge in [-0.15, -0.1) is 0 Å². The second kappa shape index (κ2) is 11.0. The second-order valence-corrected chi connectivity index (χ2v) is 8.93. The molecule has 0 saturated carbocycles. The lowest BCUT2D eigenvalue weighted by Gasteiger charge is -2.39. The zero-order chi connectivity index (χ0) is 25.0. The number of benzene rings is 2. The van der Waals surface area contributed by atoms with E-state index < -0.39 is 41.1 Å². The number of hydrogen-bond donors (Lipinski definition) is 3. The molecule has 2 amide bonds. The van der Waals surface area contributed by atoms with E-state index in [-0.39, 0.29) is 24.4 Å². The average Bonchev–Trinajstić information content (AvgIpc) is 2.80. The van der Waals surface area contributed by atoms with Crippen molar-refractivity contribution in [3.63, 3.8) is 0 Å². The molecule has 1 aliphatic heterocycles. The molecule has 0 aromatic heterocycles. The molecule has 6 nitrogen and oxygen atoms in total. The van der Waals surface area contributed by atoms with Gasteiger partial charge in [0.25, 0.3) is 5.91 Å². The largest absolute Gasteiger partial charge is 0.325 e. The standard InChI is InChI=1S/C25H31F3N4O2/c1-14(2)21(30-13-15(3)29-4)25(34)32-11-10-16-12-17(26)8-9-18(16)23(32)24(33)31-22-19(27)6-5-7-20(22)28/h5-9,12,14-15,21,23,29-30H,10-11,13H2,1-4H3,(H,31,33)/t15-,21-,23?/m0/s1. The molecule has 9 heteroatoms. The molecule has 0 spiro atoms. The van der Waals surface area contributed by atoms with Gasteiger partial charge in [-0.1, -0.05) is 26.0 Å². The van der Waals surface area contributed by atoms with Gasteiger partial charge in [0, 0.05) is 19.1 Å². The number of hydrogen-bond acceptors (Lipinski definition) is 4. The summed E-state index contributed by atoms with van der Waals surface area (Å²) >= 11 is 0. The summed E-state index contributed by atoms with van der Waals surface area (Å²) < 4.78 is 42.3. The topological polar surface area (TPSA) is 73.5 Å². The summed E-state index contributed by atoms with van der Waals surface area (Å²) in [5.41, 5.74) is 0.424. The van der Waals surface area contributed by atoms with Gasteiger partial charge >= 0.3 is 0 Å². The van der Waals surface area contributed by atoms with Crippen LogP contribution in [0.4, 0.5) is 18.9 Å². The monoisotopic (exact) mass is 476 g/mol. The zero-order valence-electron chi connectivity index (χ0n) is 19.8. The van der Waals surface area contributed by atoms with Crippen molar-refractivity contribution in [3.05, 3.63) is 65.0 Å². The van der Waals surface area contributed by atoms with E-state index in [9.17, 15) is 22.8 Å². The molecular weight excluding hydrogens is 445 g/mol. The van der Waals surface area contributed by atoms with E-state index in [1.807, 2.05) is 27.8 Å². The number of likely N-dealkylation sites (N-methyl/N-ethyl adjacent to an activating group) is 1. The van der Waals surface area contributed by atoms with Gasteiger partial charge in [-0.05, 0) is 61.7 Å². The molecule has 1 heterocycles. The van der Waals surface area contributed by atoms with Gasteiger partial charge in [-0.25, -0.2) is 13.2 Å². The Hall–Kier alpha value is -2.91. The quantitative estimate of drug-likeness (QED) is 0.546. The summed E-state index contributed by atoms with van der Waals surface area (Å²) in [4.78, 5) is 28.4. The van der Waals surface area contributed by atoms with Crippen molar-refractivity contribution in [1.29, 1.82) is 0 Å². The Morgan fingerprint density at radius 2 is 1.76 bits per heavy atom. The van der Waals surface area contributed by atoms with Crippen LogP contribution in [0.5, 0.6) is 0 Å². The zero-order valence-corrected chi connectivity index (χ0v) is 19.8. The third-order valence-electron chi connectivity index (χ3n) is 6.15. The minimum Gasteiger partial charge on any atom is -0.325 e. The third-order valence-corrected chi connectivity index (χ3v) is 6.15. The number of para-hydroxylation sites is 1. The molecule has 0 radical (unpaired) electrons. The van der Waals surface area contributed by atoms with Gasteiger partial charge in [0.2, 0.25) is 5.91 Å². The molecule has 0 aliphatic carbocycles. The lowest BCUT2D eigenvalue weighted by molar-refractivity contribution is -0.142. The molecule has 34 heavy (non-hydrogen) atoms. The van der Waals surface area contributed by atoms with E-state index in [2.05, 4.69) is 16.0 Å². The molecule has 3 N–H and O–H groups in total. The van der Waals surface area contributed by atoms with E-state index in [4.69, 9.17) is 0 Å². The summed E-state index contributed by atoms with van der Waals surface area (Å²) in [5, 5.41) is 8.67. The fraction of sp³-hybridized carbons (Fsp3) is 0.440. The molecule has 184 valence electrons. The van der Waals surface area contributed by atoms with Gasteiger partial charge in [-0.3, -0.25) is 9.59 Å². The van der Waals surface area contributed by atoms with Crippen molar-refractivity contribution in [1.82, 2.24) is 15.5 Å². The van der Waals surface area contributed by atoms with Crippen LogP contribution in [0, 0.1) is 23.4 Å². The smallest absolute Gasteiger partial charge is 0.251 e. The lowest BCUT2D eigenvalue weighted by Crippen LogP contribution is -2.55. The molecule has 2 aromatic carbocycles. The maximum atomic E-state index is 14.2. The Bertz CT molecular complexity index is 1030. The molecule has 3 rings (SSSR count). The van der Waals surface area contributed by atoms with Crippen molar-refractivity contribution >= 4 is 17.5 Å². The van der Waals surface area contributed by atoms with E-state index in [0.29, 0.717) is 24.1 Å². The number of nitrogens with one attached hydrogen (secondary N) is 3. The highest BCUT2D eigenvalue weighted by Gasteiger charge is 2.39. The first kappa shape index (κ1) is 25.7. The maximum Gasteiger partial charge on any atom is 0.251 e. The van der Waals surface area contributed by atoms with Gasteiger partial charge in [0.1, 0.15) is 29.2 Å². The van der Waals surface area contributed by atoms with Crippen LogP contribution in [0.2, 0.25) is 0 Å². The summed E-state index contributed by atoms with van der Waals surface area (Å²) in [7, 11) is 1.82. The summed E-state index contributed by atoms with van der Waals surface area (Å²) in [6.07, 6.45) is 0.356. The van der Waals surface area contributed by atoms with Crippen LogP contribution in [0.25, 0.3) is 0 Å². The van der Waals surface area contributed by atoms with Crippen LogP contribution in [-0.2, 0) is 16.0 Å². The number of rotatable bonds is 8. The first-order chi connectivity index (χ1) is 16.1. The summed E-state index contributed by atoms with van der Waals surface area (Å²) in [6.45, 7) is 6.46. The fourth-order valence-corrected chi connectivity index (χ4v) is 4.12. The predicted molar refractivity (Wildman–Crippen MR) is 125 cm³/mol. The van der Waals surface area contributed by atoms with Crippen molar-refractivity contribution in [2.45, 2.75) is 45.3 Å². The van der Waals surface area contributed by atoms with Gasteiger partial charge in [-0.2, -0.15) is 0 Å². The Morgan fingerprint density at radius 3 is 2.38 bits per heavy atom. The molecule has 0 fully saturated rings. The van der Waals surface area contributed by atoms with E-state index >= 15 is 0 Å². The predicted octanol–water partition coefficient (Wildman–Crippen LogP) is 3.39. The number of anilines is 1. The first-order valence-corrected chi connectivity index (χ1v) is 11.4. The van der Waals surface area contributed by atoms with E-state index in [1.54, 1.807) is 0 Å². The Balaban J connectivity index is 1.97. The van der Waals surface area contributed by atoms with Crippen molar-refractivity contribution in [2.75, 3.05) is 25.5 Å². The van der Waals surface area contributed by atoms with Crippen LogP contribution < -0.4 is 16.0 Å². The molecule has 3 atom stereocenters. The van der Waals surface area contributed by atoms with Crippen molar-refractivity contribution < 1.29 is 22.8 Å². The van der Waals surface area contributed by atoms with E-state index in [0.717, 1.165) is 12.1 Å². The summed E-state index contributed by atoms with van der Waals surface area (Å²) in [6, 6.07) is 5.62. The molecule has 1 aliphatic rings. The van der Waals surface area contributed by atoms with Crippen molar-refractivity contribution in [2.24, 2.45) is 5.92 Å². The highest BCUT2D eigenvalue weighted by Crippen LogP contribution is 2.33. The number of fused-ring (bicyclic) bond motifs is 1. The number of nitrogens with zero attached hydrogens (tertiary/aromatic N) is 1. The average molecular weight is 477 g/mol. The minimum absolute atomic E-state index is 0.0844. The minimum atomic E-state index is -1.17. The SMILES string of the molecule is CN[C@@H](C)CN[C@H](C(=O)N1CCc2cc(F)ccc2C1C(=O)Nc1c(F)cccc1F)C(C)C.